The lowest BCUT2D eigenvalue weighted by atomic mass is 10.1. The molecule has 1 fully saturated rings. The quantitative estimate of drug-likeness (QED) is 0.652. The Hall–Kier alpha value is -0.0800. The second-order valence-corrected chi connectivity index (χ2v) is 5.25. The maximum Gasteiger partial charge on any atom is 0.00823 e. The van der Waals surface area contributed by atoms with Crippen molar-refractivity contribution in [1.82, 2.24) is 10.2 Å². The highest BCUT2D eigenvalue weighted by atomic mass is 15.1. The Bertz CT molecular complexity index is 159. The van der Waals surface area contributed by atoms with Gasteiger partial charge in [0.1, 0.15) is 0 Å². The molecule has 1 heterocycles. The van der Waals surface area contributed by atoms with Crippen molar-refractivity contribution in [2.24, 2.45) is 5.92 Å². The molecule has 1 aliphatic heterocycles. The highest BCUT2D eigenvalue weighted by Gasteiger charge is 2.20. The number of hydrogen-bond donors (Lipinski definition) is 1. The molecule has 0 aromatic rings. The van der Waals surface area contributed by atoms with E-state index in [0.717, 1.165) is 12.0 Å². The fourth-order valence-electron chi connectivity index (χ4n) is 2.36. The summed E-state index contributed by atoms with van der Waals surface area (Å²) in [5, 5.41) is 3.60. The van der Waals surface area contributed by atoms with Crippen LogP contribution in [0.2, 0.25) is 0 Å². The summed E-state index contributed by atoms with van der Waals surface area (Å²) >= 11 is 0. The lowest BCUT2D eigenvalue weighted by molar-refractivity contribution is 0.305. The van der Waals surface area contributed by atoms with Gasteiger partial charge < -0.3 is 10.2 Å². The molecule has 90 valence electrons. The van der Waals surface area contributed by atoms with Gasteiger partial charge >= 0.3 is 0 Å². The van der Waals surface area contributed by atoms with E-state index in [0.29, 0.717) is 0 Å². The lowest BCUT2D eigenvalue weighted by Gasteiger charge is -2.19. The van der Waals surface area contributed by atoms with Gasteiger partial charge in [-0.05, 0) is 51.9 Å². The molecule has 1 rings (SSSR count). The third-order valence-electron chi connectivity index (χ3n) is 3.44. The van der Waals surface area contributed by atoms with Crippen LogP contribution in [0.4, 0.5) is 0 Å². The molecule has 15 heavy (non-hydrogen) atoms. The van der Waals surface area contributed by atoms with Crippen molar-refractivity contribution in [2.45, 2.75) is 52.0 Å². The Balaban J connectivity index is 1.98. The second-order valence-electron chi connectivity index (χ2n) is 5.25. The maximum atomic E-state index is 3.60. The molecule has 0 aromatic heterocycles. The molecule has 1 N–H and O–H groups in total. The van der Waals surface area contributed by atoms with Gasteiger partial charge in [-0.2, -0.15) is 0 Å². The normalized spacial score (nSPS) is 26.4. The van der Waals surface area contributed by atoms with Crippen LogP contribution in [0.25, 0.3) is 0 Å². The van der Waals surface area contributed by atoms with Crippen LogP contribution in [-0.2, 0) is 0 Å². The van der Waals surface area contributed by atoms with Gasteiger partial charge in [0.25, 0.3) is 0 Å². The third-order valence-corrected chi connectivity index (χ3v) is 3.44. The zero-order chi connectivity index (χ0) is 11.1. The largest absolute Gasteiger partial charge is 0.314 e. The number of unbranched alkanes of at least 4 members (excludes halogenated alkanes) is 2. The zero-order valence-electron chi connectivity index (χ0n) is 10.8. The Morgan fingerprint density at radius 2 is 2.07 bits per heavy atom. The van der Waals surface area contributed by atoms with Gasteiger partial charge in [-0.1, -0.05) is 26.7 Å². The lowest BCUT2D eigenvalue weighted by Crippen LogP contribution is -2.29. The van der Waals surface area contributed by atoms with Gasteiger partial charge in [0.2, 0.25) is 0 Å². The molecule has 0 aromatic carbocycles. The van der Waals surface area contributed by atoms with E-state index in [2.05, 4.69) is 31.1 Å². The Morgan fingerprint density at radius 1 is 1.27 bits per heavy atom. The van der Waals surface area contributed by atoms with Gasteiger partial charge in [0.15, 0.2) is 0 Å². The minimum absolute atomic E-state index is 0.786. The van der Waals surface area contributed by atoms with Crippen LogP contribution in [0, 0.1) is 5.92 Å². The summed E-state index contributed by atoms with van der Waals surface area (Å²) in [5.41, 5.74) is 0. The van der Waals surface area contributed by atoms with Crippen LogP contribution in [0.1, 0.15) is 46.0 Å². The summed E-state index contributed by atoms with van der Waals surface area (Å²) < 4.78 is 0. The van der Waals surface area contributed by atoms with E-state index in [9.17, 15) is 0 Å². The first-order valence-electron chi connectivity index (χ1n) is 6.64. The van der Waals surface area contributed by atoms with Crippen molar-refractivity contribution >= 4 is 0 Å². The van der Waals surface area contributed by atoms with Crippen LogP contribution in [0.15, 0.2) is 0 Å². The minimum Gasteiger partial charge on any atom is -0.314 e. The number of rotatable bonds is 7. The SMILES string of the molecule is CCCCCN(C)CCC1CC(C)CN1. The van der Waals surface area contributed by atoms with Gasteiger partial charge in [-0.15, -0.1) is 0 Å². The van der Waals surface area contributed by atoms with Crippen LogP contribution in [-0.4, -0.2) is 37.6 Å². The van der Waals surface area contributed by atoms with E-state index < -0.39 is 0 Å². The molecule has 0 radical (unpaired) electrons. The molecule has 1 aliphatic rings. The predicted molar refractivity (Wildman–Crippen MR) is 67.2 cm³/mol. The fourth-order valence-corrected chi connectivity index (χ4v) is 2.36. The highest BCUT2D eigenvalue weighted by Crippen LogP contribution is 2.15. The Morgan fingerprint density at radius 3 is 2.67 bits per heavy atom. The van der Waals surface area contributed by atoms with Crippen molar-refractivity contribution in [2.75, 3.05) is 26.7 Å². The molecule has 0 aliphatic carbocycles. The monoisotopic (exact) mass is 212 g/mol. The molecule has 0 spiro atoms. The van der Waals surface area contributed by atoms with Gasteiger partial charge in [-0.3, -0.25) is 0 Å². The van der Waals surface area contributed by atoms with Crippen molar-refractivity contribution in [3.8, 4) is 0 Å². The summed E-state index contributed by atoms with van der Waals surface area (Å²) in [5.74, 6) is 0.889. The molecule has 0 bridgehead atoms. The topological polar surface area (TPSA) is 15.3 Å². The van der Waals surface area contributed by atoms with Crippen LogP contribution < -0.4 is 5.32 Å². The van der Waals surface area contributed by atoms with E-state index >= 15 is 0 Å². The average molecular weight is 212 g/mol. The molecule has 0 amide bonds. The van der Waals surface area contributed by atoms with E-state index in [-0.39, 0.29) is 0 Å². The number of hydrogen-bond acceptors (Lipinski definition) is 2. The maximum absolute atomic E-state index is 3.60. The number of nitrogens with one attached hydrogen (secondary N) is 1. The Labute approximate surface area is 95.4 Å². The molecular formula is C13H28N2. The molecule has 2 atom stereocenters. The summed E-state index contributed by atoms with van der Waals surface area (Å²) in [6, 6.07) is 0.786. The first-order valence-corrected chi connectivity index (χ1v) is 6.64. The summed E-state index contributed by atoms with van der Waals surface area (Å²) in [6.45, 7) is 8.37. The molecular weight excluding hydrogens is 184 g/mol. The standard InChI is InChI=1S/C13H28N2/c1-4-5-6-8-15(3)9-7-13-10-12(2)11-14-13/h12-14H,4-11H2,1-3H3. The first-order chi connectivity index (χ1) is 7.22. The summed E-state index contributed by atoms with van der Waals surface area (Å²) in [7, 11) is 2.26. The highest BCUT2D eigenvalue weighted by molar-refractivity contribution is 4.79. The van der Waals surface area contributed by atoms with Gasteiger partial charge in [0.05, 0.1) is 0 Å². The van der Waals surface area contributed by atoms with Crippen molar-refractivity contribution in [3.05, 3.63) is 0 Å². The summed E-state index contributed by atoms with van der Waals surface area (Å²) in [4.78, 5) is 2.49. The fraction of sp³-hybridized carbons (Fsp3) is 1.00. The van der Waals surface area contributed by atoms with Crippen LogP contribution >= 0.6 is 0 Å². The molecule has 0 saturated carbocycles. The van der Waals surface area contributed by atoms with E-state index in [1.165, 1.54) is 51.7 Å². The zero-order valence-corrected chi connectivity index (χ0v) is 10.8. The molecule has 2 heteroatoms. The average Bonchev–Trinajstić information content (AvgIpc) is 2.62. The molecule has 2 unspecified atom stereocenters. The smallest absolute Gasteiger partial charge is 0.00823 e. The minimum atomic E-state index is 0.786. The van der Waals surface area contributed by atoms with Crippen molar-refractivity contribution < 1.29 is 0 Å². The third kappa shape index (κ3) is 5.53. The van der Waals surface area contributed by atoms with Crippen molar-refractivity contribution in [3.63, 3.8) is 0 Å². The molecule has 2 nitrogen and oxygen atoms in total. The van der Waals surface area contributed by atoms with Gasteiger partial charge in [-0.25, -0.2) is 0 Å². The molecule has 1 saturated heterocycles. The first kappa shape index (κ1) is 13.0. The predicted octanol–water partition coefficient (Wildman–Crippen LogP) is 2.50. The number of nitrogens with zero attached hydrogens (tertiary/aromatic N) is 1. The second kappa shape index (κ2) is 7.24. The van der Waals surface area contributed by atoms with Crippen LogP contribution in [0.3, 0.4) is 0 Å². The van der Waals surface area contributed by atoms with E-state index in [1.807, 2.05) is 0 Å². The summed E-state index contributed by atoms with van der Waals surface area (Å²) in [6.07, 6.45) is 6.77. The Kier molecular flexibility index (Phi) is 6.26. The van der Waals surface area contributed by atoms with Crippen LogP contribution in [0.5, 0.6) is 0 Å². The van der Waals surface area contributed by atoms with E-state index in [1.54, 1.807) is 0 Å². The van der Waals surface area contributed by atoms with Gasteiger partial charge in [0, 0.05) is 6.04 Å². The van der Waals surface area contributed by atoms with E-state index in [4.69, 9.17) is 0 Å². The van der Waals surface area contributed by atoms with Crippen molar-refractivity contribution in [1.29, 1.82) is 0 Å².